The van der Waals surface area contributed by atoms with E-state index in [1.807, 2.05) is 60.7 Å². The predicted octanol–water partition coefficient (Wildman–Crippen LogP) is 5.35. The minimum absolute atomic E-state index is 0.325. The molecule has 0 unspecified atom stereocenters. The third-order valence-corrected chi connectivity index (χ3v) is 5.82. The van der Waals surface area contributed by atoms with E-state index in [0.29, 0.717) is 16.3 Å². The Labute approximate surface area is 187 Å². The molecule has 6 aromatic rings. The first-order chi connectivity index (χ1) is 15.7. The monoisotopic (exact) mass is 437 g/mol. The van der Waals surface area contributed by atoms with Crippen LogP contribution in [0.15, 0.2) is 96.1 Å². The van der Waals surface area contributed by atoms with E-state index in [-0.39, 0.29) is 5.69 Å². The fourth-order valence-corrected chi connectivity index (χ4v) is 4.32. The summed E-state index contributed by atoms with van der Waals surface area (Å²) in [4.78, 5) is 17.0. The minimum Gasteiger partial charge on any atom is -0.293 e. The van der Waals surface area contributed by atoms with Crippen molar-refractivity contribution in [2.75, 3.05) is 0 Å². The maximum absolute atomic E-state index is 12.3. The van der Waals surface area contributed by atoms with Crippen LogP contribution in [-0.2, 0) is 0 Å². The molecule has 3 aromatic heterocycles. The van der Waals surface area contributed by atoms with Gasteiger partial charge in [0.1, 0.15) is 6.33 Å². The molecule has 0 aliphatic heterocycles. The van der Waals surface area contributed by atoms with Gasteiger partial charge in [-0.05, 0) is 35.4 Å². The van der Waals surface area contributed by atoms with Crippen molar-refractivity contribution in [3.8, 4) is 28.1 Å². The predicted molar refractivity (Wildman–Crippen MR) is 126 cm³/mol. The van der Waals surface area contributed by atoms with Gasteiger partial charge in [-0.15, -0.1) is 0 Å². The molecular formula is C25H16ClN5O. The molecular weight excluding hydrogens is 422 g/mol. The second-order valence-corrected chi connectivity index (χ2v) is 7.87. The molecule has 154 valence electrons. The lowest BCUT2D eigenvalue weighted by Gasteiger charge is -2.13. The van der Waals surface area contributed by atoms with Gasteiger partial charge in [0.15, 0.2) is 11.3 Å². The largest absolute Gasteiger partial charge is 0.348 e. The van der Waals surface area contributed by atoms with Gasteiger partial charge in [-0.25, -0.2) is 19.3 Å². The molecule has 0 saturated heterocycles. The number of benzene rings is 3. The van der Waals surface area contributed by atoms with Gasteiger partial charge in [0.25, 0.3) is 0 Å². The van der Waals surface area contributed by atoms with Crippen molar-refractivity contribution in [3.63, 3.8) is 0 Å². The van der Waals surface area contributed by atoms with E-state index in [0.717, 1.165) is 33.5 Å². The number of nitrogens with zero attached hydrogens (tertiary/aromatic N) is 4. The molecule has 0 radical (unpaired) electrons. The van der Waals surface area contributed by atoms with E-state index in [9.17, 15) is 4.79 Å². The molecule has 32 heavy (non-hydrogen) atoms. The Hall–Kier alpha value is -4.16. The van der Waals surface area contributed by atoms with Crippen molar-refractivity contribution in [2.24, 2.45) is 0 Å². The lowest BCUT2D eigenvalue weighted by molar-refractivity contribution is 0.994. The van der Waals surface area contributed by atoms with Crippen LogP contribution in [0.2, 0.25) is 5.02 Å². The molecule has 7 heteroatoms. The number of H-pyrrole nitrogens is 1. The fraction of sp³-hybridized carbons (Fsp3) is 0. The number of aromatic amines is 1. The van der Waals surface area contributed by atoms with Crippen LogP contribution >= 0.6 is 11.6 Å². The van der Waals surface area contributed by atoms with Crippen molar-refractivity contribution >= 4 is 28.3 Å². The lowest BCUT2D eigenvalue weighted by Crippen LogP contribution is -2.09. The van der Waals surface area contributed by atoms with Crippen LogP contribution in [0.4, 0.5) is 0 Å². The average Bonchev–Trinajstić information content (AvgIpc) is 3.39. The second-order valence-electron chi connectivity index (χ2n) is 7.43. The third-order valence-electron chi connectivity index (χ3n) is 5.56. The van der Waals surface area contributed by atoms with Crippen LogP contribution in [0.5, 0.6) is 0 Å². The molecule has 0 fully saturated rings. The smallest absolute Gasteiger partial charge is 0.293 e. The van der Waals surface area contributed by atoms with Crippen LogP contribution in [-0.4, -0.2) is 24.1 Å². The summed E-state index contributed by atoms with van der Waals surface area (Å²) in [6.45, 7) is 0. The molecule has 0 bridgehead atoms. The van der Waals surface area contributed by atoms with Crippen LogP contribution in [0.1, 0.15) is 0 Å². The summed E-state index contributed by atoms with van der Waals surface area (Å²) in [5.41, 5.74) is 5.78. The first kappa shape index (κ1) is 18.6. The first-order valence-corrected chi connectivity index (χ1v) is 10.5. The summed E-state index contributed by atoms with van der Waals surface area (Å²) >= 11 is 6.18. The highest BCUT2D eigenvalue weighted by atomic mass is 35.5. The van der Waals surface area contributed by atoms with E-state index in [1.54, 1.807) is 0 Å². The lowest BCUT2D eigenvalue weighted by atomic mass is 9.99. The molecule has 0 aliphatic carbocycles. The Morgan fingerprint density at radius 2 is 1.44 bits per heavy atom. The van der Waals surface area contributed by atoms with Gasteiger partial charge in [0.05, 0.1) is 11.1 Å². The maximum Gasteiger partial charge on any atom is 0.348 e. The standard InChI is InChI=1S/C25H16ClN5O/c26-18-11-13-19(14-12-18)31-22(17-9-5-2-6-10-17)20(16-7-3-1-4-8-16)21-23(31)27-15-30-24(21)28-29-25(30)32/h1-15H,(H,29,32). The molecule has 0 spiro atoms. The van der Waals surface area contributed by atoms with Gasteiger partial charge in [-0.3, -0.25) is 4.57 Å². The van der Waals surface area contributed by atoms with Crippen molar-refractivity contribution < 1.29 is 0 Å². The Morgan fingerprint density at radius 3 is 2.12 bits per heavy atom. The normalized spacial score (nSPS) is 11.4. The zero-order valence-corrected chi connectivity index (χ0v) is 17.5. The number of hydrogen-bond donors (Lipinski definition) is 1. The van der Waals surface area contributed by atoms with E-state index in [2.05, 4.69) is 39.0 Å². The van der Waals surface area contributed by atoms with Gasteiger partial charge in [0.2, 0.25) is 0 Å². The van der Waals surface area contributed by atoms with E-state index >= 15 is 0 Å². The zero-order chi connectivity index (χ0) is 21.7. The van der Waals surface area contributed by atoms with Gasteiger partial charge >= 0.3 is 5.69 Å². The van der Waals surface area contributed by atoms with E-state index < -0.39 is 0 Å². The van der Waals surface area contributed by atoms with Crippen molar-refractivity contribution in [1.29, 1.82) is 0 Å². The summed E-state index contributed by atoms with van der Waals surface area (Å²) in [5.74, 6) is 0. The van der Waals surface area contributed by atoms with E-state index in [4.69, 9.17) is 16.6 Å². The van der Waals surface area contributed by atoms with Crippen LogP contribution in [0.25, 0.3) is 44.8 Å². The Balaban J connectivity index is 1.87. The number of fused-ring (bicyclic) bond motifs is 3. The summed E-state index contributed by atoms with van der Waals surface area (Å²) in [7, 11) is 0. The summed E-state index contributed by atoms with van der Waals surface area (Å²) < 4.78 is 3.54. The molecule has 6 rings (SSSR count). The summed E-state index contributed by atoms with van der Waals surface area (Å²) in [6, 6.07) is 27.9. The summed E-state index contributed by atoms with van der Waals surface area (Å²) in [5, 5.41) is 8.35. The second kappa shape index (κ2) is 7.21. The number of hydrogen-bond acceptors (Lipinski definition) is 3. The molecule has 0 saturated carbocycles. The minimum atomic E-state index is -0.325. The first-order valence-electron chi connectivity index (χ1n) is 10.1. The maximum atomic E-state index is 12.3. The quantitative estimate of drug-likeness (QED) is 0.406. The highest BCUT2D eigenvalue weighted by molar-refractivity contribution is 6.30. The van der Waals surface area contributed by atoms with Gasteiger partial charge in [0, 0.05) is 16.3 Å². The summed E-state index contributed by atoms with van der Waals surface area (Å²) in [6.07, 6.45) is 1.51. The number of rotatable bonds is 3. The third kappa shape index (κ3) is 2.77. The van der Waals surface area contributed by atoms with Gasteiger partial charge in [-0.2, -0.15) is 5.10 Å². The SMILES string of the molecule is O=c1[nH]nc2c3c(-c4ccccc4)c(-c4ccccc4)n(-c4ccc(Cl)cc4)c3ncn12. The van der Waals surface area contributed by atoms with Crippen molar-refractivity contribution in [2.45, 2.75) is 0 Å². The Bertz CT molecular complexity index is 1630. The Morgan fingerprint density at radius 1 is 0.781 bits per heavy atom. The molecule has 0 aliphatic rings. The van der Waals surface area contributed by atoms with Crippen molar-refractivity contribution in [1.82, 2.24) is 24.1 Å². The fourth-order valence-electron chi connectivity index (χ4n) is 4.19. The molecule has 3 heterocycles. The molecule has 0 amide bonds. The topological polar surface area (TPSA) is 68.0 Å². The van der Waals surface area contributed by atoms with Crippen molar-refractivity contribution in [3.05, 3.63) is 107 Å². The van der Waals surface area contributed by atoms with Crippen LogP contribution in [0, 0.1) is 0 Å². The van der Waals surface area contributed by atoms with Gasteiger partial charge in [-0.1, -0.05) is 72.3 Å². The Kier molecular flexibility index (Phi) is 4.19. The molecule has 0 atom stereocenters. The molecule has 6 nitrogen and oxygen atoms in total. The number of nitrogens with one attached hydrogen (secondary N) is 1. The highest BCUT2D eigenvalue weighted by Gasteiger charge is 2.25. The molecule has 1 N–H and O–H groups in total. The van der Waals surface area contributed by atoms with E-state index in [1.165, 1.54) is 10.7 Å². The molecule has 3 aromatic carbocycles. The van der Waals surface area contributed by atoms with Crippen LogP contribution < -0.4 is 5.69 Å². The zero-order valence-electron chi connectivity index (χ0n) is 16.7. The van der Waals surface area contributed by atoms with Gasteiger partial charge < -0.3 is 0 Å². The average molecular weight is 438 g/mol. The highest BCUT2D eigenvalue weighted by Crippen LogP contribution is 2.43. The van der Waals surface area contributed by atoms with Crippen LogP contribution in [0.3, 0.4) is 0 Å². The number of aromatic nitrogens is 5. The number of halogens is 1.